The highest BCUT2D eigenvalue weighted by Gasteiger charge is 2.09. The van der Waals surface area contributed by atoms with E-state index in [1.807, 2.05) is 24.3 Å². The van der Waals surface area contributed by atoms with Crippen molar-refractivity contribution < 1.29 is 9.90 Å². The number of carboxylic acid groups (broad SMARTS) is 1. The van der Waals surface area contributed by atoms with Crippen LogP contribution in [0.15, 0.2) is 51.7 Å². The molecule has 7 heteroatoms. The molecule has 0 fully saturated rings. The molecule has 2 aromatic carbocycles. The number of carbonyl (C=O) groups is 1. The number of carboxylic acids is 1. The van der Waals surface area contributed by atoms with Crippen LogP contribution in [0, 0.1) is 4.77 Å². The molecule has 0 spiro atoms. The predicted octanol–water partition coefficient (Wildman–Crippen LogP) is 3.57. The largest absolute Gasteiger partial charge is 0.478 e. The van der Waals surface area contributed by atoms with Crippen molar-refractivity contribution in [3.8, 4) is 0 Å². The zero-order chi connectivity index (χ0) is 16.6. The summed E-state index contributed by atoms with van der Waals surface area (Å²) in [7, 11) is 0. The fourth-order valence-electron chi connectivity index (χ4n) is 2.35. The minimum atomic E-state index is -1.05. The summed E-state index contributed by atoms with van der Waals surface area (Å²) < 4.78 is 2.63. The van der Waals surface area contributed by atoms with Gasteiger partial charge in [0.25, 0.3) is 5.56 Å². The summed E-state index contributed by atoms with van der Waals surface area (Å²) >= 11 is 8.65. The molecule has 3 rings (SSSR count). The van der Waals surface area contributed by atoms with Crippen LogP contribution < -0.4 is 5.56 Å². The van der Waals surface area contributed by atoms with E-state index < -0.39 is 5.97 Å². The quantitative estimate of drug-likeness (QED) is 0.670. The van der Waals surface area contributed by atoms with Crippen molar-refractivity contribution in [1.29, 1.82) is 0 Å². The fourth-order valence-corrected chi connectivity index (χ4v) is 3.05. The van der Waals surface area contributed by atoms with E-state index in [4.69, 9.17) is 17.3 Å². The van der Waals surface area contributed by atoms with Gasteiger partial charge in [-0.1, -0.05) is 28.1 Å². The highest BCUT2D eigenvalue weighted by Crippen LogP contribution is 2.14. The lowest BCUT2D eigenvalue weighted by Gasteiger charge is -2.09. The van der Waals surface area contributed by atoms with Crippen molar-refractivity contribution in [2.45, 2.75) is 6.54 Å². The van der Waals surface area contributed by atoms with Crippen molar-refractivity contribution >= 4 is 45.0 Å². The number of rotatable bonds is 3. The number of fused-ring (bicyclic) bond motifs is 1. The molecular formula is C16H11BrN2O3S. The first kappa shape index (κ1) is 15.6. The van der Waals surface area contributed by atoms with Crippen LogP contribution in [0.3, 0.4) is 0 Å². The number of nitrogens with one attached hydrogen (secondary N) is 1. The third-order valence-electron chi connectivity index (χ3n) is 3.46. The predicted molar refractivity (Wildman–Crippen MR) is 93.6 cm³/mol. The number of halogens is 1. The van der Waals surface area contributed by atoms with Gasteiger partial charge in [0.15, 0.2) is 4.77 Å². The Kier molecular flexibility index (Phi) is 4.14. The summed E-state index contributed by atoms with van der Waals surface area (Å²) in [5.41, 5.74) is 1.21. The molecule has 1 heterocycles. The Morgan fingerprint density at radius 2 is 2.04 bits per heavy atom. The SMILES string of the molecule is O=C(O)c1ccc2c(=O)n(Cc3cccc(Br)c3)c(=S)[nH]c2c1. The molecule has 5 nitrogen and oxygen atoms in total. The second-order valence-corrected chi connectivity index (χ2v) is 6.32. The van der Waals surface area contributed by atoms with E-state index in [1.165, 1.54) is 22.8 Å². The maximum atomic E-state index is 12.6. The molecule has 0 aliphatic carbocycles. The van der Waals surface area contributed by atoms with E-state index in [-0.39, 0.29) is 15.9 Å². The Balaban J connectivity index is 2.15. The highest BCUT2D eigenvalue weighted by molar-refractivity contribution is 9.10. The Labute approximate surface area is 144 Å². The zero-order valence-corrected chi connectivity index (χ0v) is 14.1. The Hall–Kier alpha value is -2.25. The Bertz CT molecular complexity index is 1040. The van der Waals surface area contributed by atoms with E-state index in [0.717, 1.165) is 10.0 Å². The lowest BCUT2D eigenvalue weighted by atomic mass is 10.1. The lowest BCUT2D eigenvalue weighted by Crippen LogP contribution is -2.23. The smallest absolute Gasteiger partial charge is 0.335 e. The number of benzene rings is 2. The van der Waals surface area contributed by atoms with Gasteiger partial charge in [0.2, 0.25) is 0 Å². The van der Waals surface area contributed by atoms with Gasteiger partial charge in [-0.3, -0.25) is 9.36 Å². The van der Waals surface area contributed by atoms with Gasteiger partial charge in [-0.2, -0.15) is 0 Å². The average Bonchev–Trinajstić information content (AvgIpc) is 2.51. The van der Waals surface area contributed by atoms with Gasteiger partial charge in [0.05, 0.1) is 23.0 Å². The summed E-state index contributed by atoms with van der Waals surface area (Å²) in [6.45, 7) is 0.338. The van der Waals surface area contributed by atoms with Gasteiger partial charge in [0.1, 0.15) is 0 Å². The topological polar surface area (TPSA) is 75.1 Å². The molecule has 0 amide bonds. The molecule has 0 aliphatic heterocycles. The van der Waals surface area contributed by atoms with Crippen LogP contribution >= 0.6 is 28.1 Å². The molecule has 116 valence electrons. The van der Waals surface area contributed by atoms with Crippen LogP contribution in [0.1, 0.15) is 15.9 Å². The normalized spacial score (nSPS) is 10.8. The number of hydrogen-bond acceptors (Lipinski definition) is 3. The van der Waals surface area contributed by atoms with Gasteiger partial charge in [-0.15, -0.1) is 0 Å². The molecule has 23 heavy (non-hydrogen) atoms. The van der Waals surface area contributed by atoms with E-state index in [2.05, 4.69) is 20.9 Å². The molecule has 0 aliphatic rings. The molecule has 0 saturated heterocycles. The lowest BCUT2D eigenvalue weighted by molar-refractivity contribution is 0.0697. The molecule has 0 radical (unpaired) electrons. The van der Waals surface area contributed by atoms with Gasteiger partial charge in [0, 0.05) is 4.47 Å². The minimum absolute atomic E-state index is 0.104. The minimum Gasteiger partial charge on any atom is -0.478 e. The summed E-state index contributed by atoms with van der Waals surface area (Å²) in [6, 6.07) is 11.9. The number of H-pyrrole nitrogens is 1. The number of aromatic amines is 1. The van der Waals surface area contributed by atoms with Crippen molar-refractivity contribution in [3.63, 3.8) is 0 Å². The monoisotopic (exact) mass is 390 g/mol. The zero-order valence-electron chi connectivity index (χ0n) is 11.7. The van der Waals surface area contributed by atoms with Crippen molar-refractivity contribution in [3.05, 3.63) is 73.2 Å². The van der Waals surface area contributed by atoms with E-state index in [9.17, 15) is 9.59 Å². The van der Waals surface area contributed by atoms with Crippen molar-refractivity contribution in [1.82, 2.24) is 9.55 Å². The van der Waals surface area contributed by atoms with Crippen LogP contribution in [-0.2, 0) is 6.54 Å². The van der Waals surface area contributed by atoms with E-state index in [1.54, 1.807) is 0 Å². The third kappa shape index (κ3) is 3.11. The van der Waals surface area contributed by atoms with Crippen LogP contribution in [0.25, 0.3) is 10.9 Å². The van der Waals surface area contributed by atoms with Gasteiger partial charge in [-0.05, 0) is 48.1 Å². The number of nitrogens with zero attached hydrogens (tertiary/aromatic N) is 1. The molecule has 1 aromatic heterocycles. The number of aromatic carboxylic acids is 1. The van der Waals surface area contributed by atoms with E-state index in [0.29, 0.717) is 17.4 Å². The van der Waals surface area contributed by atoms with Crippen LogP contribution in [0.5, 0.6) is 0 Å². The first-order valence-electron chi connectivity index (χ1n) is 6.70. The van der Waals surface area contributed by atoms with E-state index >= 15 is 0 Å². The number of hydrogen-bond donors (Lipinski definition) is 2. The molecule has 0 atom stereocenters. The molecule has 0 saturated carbocycles. The van der Waals surface area contributed by atoms with Gasteiger partial charge in [-0.25, -0.2) is 4.79 Å². The average molecular weight is 391 g/mol. The second kappa shape index (κ2) is 6.10. The van der Waals surface area contributed by atoms with Gasteiger partial charge < -0.3 is 10.1 Å². The molecular weight excluding hydrogens is 380 g/mol. The Morgan fingerprint density at radius 3 is 2.74 bits per heavy atom. The summed E-state index contributed by atoms with van der Waals surface area (Å²) in [5.74, 6) is -1.05. The highest BCUT2D eigenvalue weighted by atomic mass is 79.9. The van der Waals surface area contributed by atoms with Crippen LogP contribution in [0.2, 0.25) is 0 Å². The second-order valence-electron chi connectivity index (χ2n) is 5.02. The van der Waals surface area contributed by atoms with Crippen molar-refractivity contribution in [2.75, 3.05) is 0 Å². The summed E-state index contributed by atoms with van der Waals surface area (Å²) in [5, 5.41) is 9.43. The molecule has 2 N–H and O–H groups in total. The molecule has 0 bridgehead atoms. The van der Waals surface area contributed by atoms with Gasteiger partial charge >= 0.3 is 5.97 Å². The maximum Gasteiger partial charge on any atom is 0.335 e. The van der Waals surface area contributed by atoms with Crippen LogP contribution in [0.4, 0.5) is 0 Å². The fraction of sp³-hybridized carbons (Fsp3) is 0.0625. The summed E-state index contributed by atoms with van der Waals surface area (Å²) in [4.78, 5) is 26.6. The number of aromatic nitrogens is 2. The first-order chi connectivity index (χ1) is 11.0. The molecule has 3 aromatic rings. The standard InChI is InChI=1S/C16H11BrN2O3S/c17-11-3-1-2-9(6-11)8-19-14(20)12-5-4-10(15(21)22)7-13(12)18-16(19)23/h1-7H,8H2,(H,18,23)(H,21,22). The molecule has 0 unspecified atom stereocenters. The van der Waals surface area contributed by atoms with Crippen molar-refractivity contribution in [2.24, 2.45) is 0 Å². The Morgan fingerprint density at radius 1 is 1.26 bits per heavy atom. The third-order valence-corrected chi connectivity index (χ3v) is 4.27. The summed E-state index contributed by atoms with van der Waals surface area (Å²) in [6.07, 6.45) is 0. The maximum absolute atomic E-state index is 12.6. The first-order valence-corrected chi connectivity index (χ1v) is 7.90. The van der Waals surface area contributed by atoms with Crippen LogP contribution in [-0.4, -0.2) is 20.6 Å².